The van der Waals surface area contributed by atoms with E-state index in [2.05, 4.69) is 24.1 Å². The fourth-order valence-electron chi connectivity index (χ4n) is 3.22. The Morgan fingerprint density at radius 2 is 1.83 bits per heavy atom. The van der Waals surface area contributed by atoms with E-state index in [1.165, 1.54) is 23.1 Å². The van der Waals surface area contributed by atoms with Crippen molar-refractivity contribution in [3.8, 4) is 5.69 Å². The van der Waals surface area contributed by atoms with Crippen molar-refractivity contribution in [2.45, 2.75) is 24.9 Å². The van der Waals surface area contributed by atoms with Gasteiger partial charge in [-0.1, -0.05) is 62.0 Å². The standard InChI is InChI=1S/C23H21N3O2S2/c1-15(2)17-10-6-7-11-18(17)24-20(27)14-30-23-25-19-12-13-29-21(19)22(28)26(23)16-8-4-3-5-9-16/h3-13,15H,14H2,1-2H3,(H,24,27). The van der Waals surface area contributed by atoms with Crippen molar-refractivity contribution in [1.29, 1.82) is 0 Å². The monoisotopic (exact) mass is 435 g/mol. The van der Waals surface area contributed by atoms with E-state index in [0.717, 1.165) is 16.9 Å². The molecule has 0 saturated carbocycles. The molecule has 2 aromatic carbocycles. The number of nitrogens with zero attached hydrogens (tertiary/aromatic N) is 2. The average Bonchev–Trinajstić information content (AvgIpc) is 3.22. The van der Waals surface area contributed by atoms with E-state index in [0.29, 0.717) is 21.3 Å². The summed E-state index contributed by atoms with van der Waals surface area (Å²) in [6, 6.07) is 19.0. The summed E-state index contributed by atoms with van der Waals surface area (Å²) in [7, 11) is 0. The largest absolute Gasteiger partial charge is 0.325 e. The molecule has 7 heteroatoms. The Hall–Kier alpha value is -2.90. The van der Waals surface area contributed by atoms with E-state index in [4.69, 9.17) is 0 Å². The summed E-state index contributed by atoms with van der Waals surface area (Å²) >= 11 is 2.64. The number of hydrogen-bond donors (Lipinski definition) is 1. The van der Waals surface area contributed by atoms with Crippen LogP contribution < -0.4 is 10.9 Å². The third-order valence-electron chi connectivity index (χ3n) is 4.65. The number of rotatable bonds is 6. The van der Waals surface area contributed by atoms with Gasteiger partial charge in [0.15, 0.2) is 5.16 Å². The molecule has 0 fully saturated rings. The van der Waals surface area contributed by atoms with Crippen LogP contribution in [0.4, 0.5) is 5.69 Å². The molecule has 0 saturated heterocycles. The molecule has 0 radical (unpaired) electrons. The minimum atomic E-state index is -0.132. The average molecular weight is 436 g/mol. The first kappa shape index (κ1) is 20.4. The molecule has 0 aliphatic heterocycles. The topological polar surface area (TPSA) is 64.0 Å². The fourth-order valence-corrected chi connectivity index (χ4v) is 4.80. The van der Waals surface area contributed by atoms with E-state index in [1.54, 1.807) is 4.57 Å². The van der Waals surface area contributed by atoms with Crippen LogP contribution in [-0.4, -0.2) is 21.2 Å². The number of para-hydroxylation sites is 2. The lowest BCUT2D eigenvalue weighted by atomic mass is 10.0. The van der Waals surface area contributed by atoms with Gasteiger partial charge in [0.05, 0.1) is 17.0 Å². The molecular formula is C23H21N3O2S2. The summed E-state index contributed by atoms with van der Waals surface area (Å²) in [5, 5.41) is 5.36. The van der Waals surface area contributed by atoms with Gasteiger partial charge in [0.1, 0.15) is 4.70 Å². The van der Waals surface area contributed by atoms with Crippen molar-refractivity contribution in [2.24, 2.45) is 0 Å². The predicted octanol–water partition coefficient (Wildman–Crippen LogP) is 5.30. The Kier molecular flexibility index (Phi) is 6.01. The van der Waals surface area contributed by atoms with Crippen molar-refractivity contribution in [3.05, 3.63) is 82.0 Å². The molecule has 0 spiro atoms. The van der Waals surface area contributed by atoms with Crippen molar-refractivity contribution in [2.75, 3.05) is 11.1 Å². The molecule has 2 aromatic heterocycles. The van der Waals surface area contributed by atoms with Crippen LogP contribution in [-0.2, 0) is 4.79 Å². The Morgan fingerprint density at radius 3 is 2.60 bits per heavy atom. The molecular weight excluding hydrogens is 414 g/mol. The molecule has 152 valence electrons. The highest BCUT2D eigenvalue weighted by Gasteiger charge is 2.16. The number of nitrogens with one attached hydrogen (secondary N) is 1. The number of thioether (sulfide) groups is 1. The molecule has 1 amide bonds. The zero-order valence-corrected chi connectivity index (χ0v) is 18.3. The van der Waals surface area contributed by atoms with E-state index in [1.807, 2.05) is 66.0 Å². The smallest absolute Gasteiger partial charge is 0.276 e. The molecule has 4 aromatic rings. The van der Waals surface area contributed by atoms with Gasteiger partial charge in [-0.3, -0.25) is 14.2 Å². The minimum Gasteiger partial charge on any atom is -0.325 e. The van der Waals surface area contributed by atoms with Gasteiger partial charge < -0.3 is 5.32 Å². The SMILES string of the molecule is CC(C)c1ccccc1NC(=O)CSc1nc2ccsc2c(=O)n1-c1ccccc1. The van der Waals surface area contributed by atoms with Crippen molar-refractivity contribution in [1.82, 2.24) is 9.55 Å². The van der Waals surface area contributed by atoms with Crippen molar-refractivity contribution in [3.63, 3.8) is 0 Å². The molecule has 4 rings (SSSR count). The first-order valence-electron chi connectivity index (χ1n) is 9.62. The quantitative estimate of drug-likeness (QED) is 0.330. The third-order valence-corrected chi connectivity index (χ3v) is 6.48. The van der Waals surface area contributed by atoms with E-state index in [9.17, 15) is 9.59 Å². The van der Waals surface area contributed by atoms with Crippen LogP contribution in [0.2, 0.25) is 0 Å². The number of benzene rings is 2. The minimum absolute atomic E-state index is 0.116. The van der Waals surface area contributed by atoms with E-state index in [-0.39, 0.29) is 17.2 Å². The lowest BCUT2D eigenvalue weighted by Crippen LogP contribution is -2.22. The maximum atomic E-state index is 13.1. The van der Waals surface area contributed by atoms with Crippen LogP contribution >= 0.6 is 23.1 Å². The Balaban J connectivity index is 1.61. The summed E-state index contributed by atoms with van der Waals surface area (Å²) in [5.41, 5.74) is 3.19. The highest BCUT2D eigenvalue weighted by Crippen LogP contribution is 2.26. The lowest BCUT2D eigenvalue weighted by Gasteiger charge is -2.14. The summed E-state index contributed by atoms with van der Waals surface area (Å²) in [5.74, 6) is 0.328. The molecule has 2 heterocycles. The Labute approximate surface area is 182 Å². The van der Waals surface area contributed by atoms with Gasteiger partial charge in [-0.25, -0.2) is 4.98 Å². The number of hydrogen-bond acceptors (Lipinski definition) is 5. The van der Waals surface area contributed by atoms with Crippen LogP contribution in [0, 0.1) is 0 Å². The zero-order valence-electron chi connectivity index (χ0n) is 16.7. The number of fused-ring (bicyclic) bond motifs is 1. The molecule has 0 bridgehead atoms. The molecule has 0 aliphatic rings. The maximum absolute atomic E-state index is 13.1. The van der Waals surface area contributed by atoms with Crippen molar-refractivity contribution < 1.29 is 4.79 Å². The summed E-state index contributed by atoms with van der Waals surface area (Å²) in [6.45, 7) is 4.19. The molecule has 5 nitrogen and oxygen atoms in total. The summed E-state index contributed by atoms with van der Waals surface area (Å²) in [4.78, 5) is 30.4. The van der Waals surface area contributed by atoms with Gasteiger partial charge in [-0.15, -0.1) is 11.3 Å². The van der Waals surface area contributed by atoms with Crippen molar-refractivity contribution >= 4 is 44.9 Å². The fraction of sp³-hybridized carbons (Fsp3) is 0.174. The van der Waals surface area contributed by atoms with Gasteiger partial charge in [-0.2, -0.15) is 0 Å². The number of carbonyl (C=O) groups is 1. The number of aromatic nitrogens is 2. The first-order chi connectivity index (χ1) is 14.5. The van der Waals surface area contributed by atoms with Crippen LogP contribution in [0.3, 0.4) is 0 Å². The highest BCUT2D eigenvalue weighted by atomic mass is 32.2. The Morgan fingerprint density at radius 1 is 1.10 bits per heavy atom. The number of thiophene rings is 1. The zero-order chi connectivity index (χ0) is 21.1. The van der Waals surface area contributed by atoms with Crippen LogP contribution in [0.5, 0.6) is 0 Å². The molecule has 0 unspecified atom stereocenters. The van der Waals surface area contributed by atoms with Gasteiger partial charge in [0.25, 0.3) is 5.56 Å². The van der Waals surface area contributed by atoms with Crippen LogP contribution in [0.25, 0.3) is 15.9 Å². The van der Waals surface area contributed by atoms with Gasteiger partial charge in [0.2, 0.25) is 5.91 Å². The predicted molar refractivity (Wildman–Crippen MR) is 125 cm³/mol. The Bertz CT molecular complexity index is 1250. The van der Waals surface area contributed by atoms with E-state index < -0.39 is 0 Å². The van der Waals surface area contributed by atoms with Crippen LogP contribution in [0.15, 0.2) is 76.0 Å². The lowest BCUT2D eigenvalue weighted by molar-refractivity contribution is -0.113. The summed E-state index contributed by atoms with van der Waals surface area (Å²) in [6.07, 6.45) is 0. The second kappa shape index (κ2) is 8.85. The molecule has 0 aliphatic carbocycles. The normalized spacial score (nSPS) is 11.2. The number of carbonyl (C=O) groups excluding carboxylic acids is 1. The van der Waals surface area contributed by atoms with Crippen LogP contribution in [0.1, 0.15) is 25.3 Å². The number of amides is 1. The molecule has 30 heavy (non-hydrogen) atoms. The number of anilines is 1. The van der Waals surface area contributed by atoms with Gasteiger partial charge in [0, 0.05) is 5.69 Å². The maximum Gasteiger partial charge on any atom is 0.276 e. The highest BCUT2D eigenvalue weighted by molar-refractivity contribution is 7.99. The van der Waals surface area contributed by atoms with Gasteiger partial charge >= 0.3 is 0 Å². The molecule has 1 N–H and O–H groups in total. The van der Waals surface area contributed by atoms with Gasteiger partial charge in [-0.05, 0) is 41.1 Å². The third kappa shape index (κ3) is 4.17. The second-order valence-corrected chi connectivity index (χ2v) is 8.94. The second-order valence-electron chi connectivity index (χ2n) is 7.08. The summed E-state index contributed by atoms with van der Waals surface area (Å²) < 4.78 is 2.19. The molecule has 0 atom stereocenters. The van der Waals surface area contributed by atoms with E-state index >= 15 is 0 Å². The first-order valence-corrected chi connectivity index (χ1v) is 11.5.